The van der Waals surface area contributed by atoms with Crippen LogP contribution in [0.15, 0.2) is 27.1 Å². The summed E-state index contributed by atoms with van der Waals surface area (Å²) in [5.41, 5.74) is 0.655. The monoisotopic (exact) mass is 409 g/mol. The first-order valence-electron chi connectivity index (χ1n) is 6.37. The van der Waals surface area contributed by atoms with Gasteiger partial charge in [-0.25, -0.2) is 0 Å². The van der Waals surface area contributed by atoms with E-state index in [9.17, 15) is 4.79 Å². The molecule has 1 amide bonds. The molecule has 0 saturated heterocycles. The fraction of sp³-hybridized carbons (Fsp3) is 0.500. The fourth-order valence-electron chi connectivity index (χ4n) is 1.94. The molecule has 1 atom stereocenters. The van der Waals surface area contributed by atoms with E-state index in [1.165, 1.54) is 0 Å². The summed E-state index contributed by atoms with van der Waals surface area (Å²) in [6.45, 7) is 2.83. The van der Waals surface area contributed by atoms with E-state index in [2.05, 4.69) is 44.1 Å². The smallest absolute Gasteiger partial charge is 0.251 e. The third kappa shape index (κ3) is 6.28. The van der Waals surface area contributed by atoms with Crippen LogP contribution in [0.4, 0.5) is 0 Å². The van der Waals surface area contributed by atoms with Gasteiger partial charge in [-0.1, -0.05) is 45.2 Å². The standard InChI is InChI=1S/C14H18Br2ClNO/c1-2-3-10(4-5-17)9-18-14(19)11-6-12(15)8-13(16)7-11/h6-8,10H,2-5,9H2,1H3,(H,18,19). The molecule has 0 radical (unpaired) electrons. The lowest BCUT2D eigenvalue weighted by Crippen LogP contribution is -2.29. The number of hydrogen-bond donors (Lipinski definition) is 1. The average Bonchev–Trinajstić information content (AvgIpc) is 2.35. The number of rotatable bonds is 7. The maximum atomic E-state index is 12.1. The summed E-state index contributed by atoms with van der Waals surface area (Å²) in [7, 11) is 0. The van der Waals surface area contributed by atoms with Crippen LogP contribution in [0.3, 0.4) is 0 Å². The van der Waals surface area contributed by atoms with E-state index < -0.39 is 0 Å². The molecule has 0 aliphatic heterocycles. The van der Waals surface area contributed by atoms with Crippen LogP contribution >= 0.6 is 43.5 Å². The molecule has 1 unspecified atom stereocenters. The van der Waals surface area contributed by atoms with Gasteiger partial charge in [-0.05, 0) is 37.0 Å². The molecule has 19 heavy (non-hydrogen) atoms. The molecule has 5 heteroatoms. The Balaban J connectivity index is 2.58. The highest BCUT2D eigenvalue weighted by molar-refractivity contribution is 9.11. The van der Waals surface area contributed by atoms with Gasteiger partial charge < -0.3 is 5.32 Å². The molecule has 0 saturated carbocycles. The van der Waals surface area contributed by atoms with E-state index in [1.54, 1.807) is 0 Å². The number of halogens is 3. The Morgan fingerprint density at radius 1 is 1.26 bits per heavy atom. The number of hydrogen-bond acceptors (Lipinski definition) is 1. The Morgan fingerprint density at radius 3 is 2.42 bits per heavy atom. The summed E-state index contributed by atoms with van der Waals surface area (Å²) >= 11 is 12.5. The minimum Gasteiger partial charge on any atom is -0.352 e. The Bertz CT molecular complexity index is 400. The second-order valence-corrected chi connectivity index (χ2v) is 6.71. The first kappa shape index (κ1) is 17.0. The number of benzene rings is 1. The van der Waals surface area contributed by atoms with Crippen molar-refractivity contribution in [2.24, 2.45) is 5.92 Å². The maximum Gasteiger partial charge on any atom is 0.251 e. The molecule has 2 nitrogen and oxygen atoms in total. The molecule has 0 aliphatic rings. The molecule has 0 spiro atoms. The SMILES string of the molecule is CCCC(CCCl)CNC(=O)c1cc(Br)cc(Br)c1. The molecule has 0 aromatic heterocycles. The van der Waals surface area contributed by atoms with Crippen LogP contribution in [0.2, 0.25) is 0 Å². The predicted octanol–water partition coefficient (Wildman–Crippen LogP) is 4.99. The molecular formula is C14H18Br2ClNO. The molecule has 1 aromatic rings. The van der Waals surface area contributed by atoms with Gasteiger partial charge in [0.25, 0.3) is 5.91 Å². The van der Waals surface area contributed by atoms with Crippen molar-refractivity contribution in [1.29, 1.82) is 0 Å². The lowest BCUT2D eigenvalue weighted by atomic mass is 10.0. The van der Waals surface area contributed by atoms with Crippen LogP contribution in [0, 0.1) is 5.92 Å². The van der Waals surface area contributed by atoms with Gasteiger partial charge in [-0.2, -0.15) is 0 Å². The van der Waals surface area contributed by atoms with E-state index >= 15 is 0 Å². The highest BCUT2D eigenvalue weighted by Gasteiger charge is 2.11. The van der Waals surface area contributed by atoms with Crippen LogP contribution in [-0.4, -0.2) is 18.3 Å². The van der Waals surface area contributed by atoms with E-state index in [4.69, 9.17) is 11.6 Å². The van der Waals surface area contributed by atoms with Crippen molar-refractivity contribution in [3.05, 3.63) is 32.7 Å². The quantitative estimate of drug-likeness (QED) is 0.630. The molecule has 1 rings (SSSR count). The molecule has 1 N–H and O–H groups in total. The third-order valence-corrected chi connectivity index (χ3v) is 4.02. The van der Waals surface area contributed by atoms with Crippen molar-refractivity contribution < 1.29 is 4.79 Å². The van der Waals surface area contributed by atoms with Crippen molar-refractivity contribution in [2.45, 2.75) is 26.2 Å². The first-order valence-corrected chi connectivity index (χ1v) is 8.49. The minimum absolute atomic E-state index is 0.0438. The van der Waals surface area contributed by atoms with Gasteiger partial charge in [0, 0.05) is 26.9 Å². The Labute approximate surface area is 136 Å². The number of carbonyl (C=O) groups excluding carboxylic acids is 1. The van der Waals surface area contributed by atoms with Crippen molar-refractivity contribution in [3.63, 3.8) is 0 Å². The van der Waals surface area contributed by atoms with Crippen LogP contribution < -0.4 is 5.32 Å². The van der Waals surface area contributed by atoms with E-state index in [0.717, 1.165) is 28.2 Å². The van der Waals surface area contributed by atoms with Gasteiger partial charge in [0.15, 0.2) is 0 Å². The van der Waals surface area contributed by atoms with Gasteiger partial charge >= 0.3 is 0 Å². The summed E-state index contributed by atoms with van der Waals surface area (Å²) in [6, 6.07) is 5.54. The van der Waals surface area contributed by atoms with E-state index in [1.807, 2.05) is 18.2 Å². The van der Waals surface area contributed by atoms with Crippen LogP contribution in [-0.2, 0) is 0 Å². The van der Waals surface area contributed by atoms with Crippen LogP contribution in [0.5, 0.6) is 0 Å². The van der Waals surface area contributed by atoms with Crippen molar-refractivity contribution >= 4 is 49.4 Å². The van der Waals surface area contributed by atoms with Gasteiger partial charge in [0.05, 0.1) is 0 Å². The molecule has 0 heterocycles. The van der Waals surface area contributed by atoms with Crippen LogP contribution in [0.1, 0.15) is 36.5 Å². The summed E-state index contributed by atoms with van der Waals surface area (Å²) < 4.78 is 1.77. The zero-order chi connectivity index (χ0) is 14.3. The molecule has 0 fully saturated rings. The molecule has 0 bridgehead atoms. The van der Waals surface area contributed by atoms with Crippen molar-refractivity contribution in [3.8, 4) is 0 Å². The molecule has 1 aromatic carbocycles. The summed E-state index contributed by atoms with van der Waals surface area (Å²) in [4.78, 5) is 12.1. The number of amides is 1. The van der Waals surface area contributed by atoms with E-state index in [0.29, 0.717) is 23.9 Å². The average molecular weight is 412 g/mol. The summed E-state index contributed by atoms with van der Waals surface area (Å²) in [5.74, 6) is 1.06. The number of alkyl halides is 1. The van der Waals surface area contributed by atoms with Gasteiger partial charge in [-0.3, -0.25) is 4.79 Å². The zero-order valence-corrected chi connectivity index (χ0v) is 14.8. The largest absolute Gasteiger partial charge is 0.352 e. The second-order valence-electron chi connectivity index (χ2n) is 4.50. The highest BCUT2D eigenvalue weighted by Crippen LogP contribution is 2.20. The Hall–Kier alpha value is -0.0600. The van der Waals surface area contributed by atoms with Gasteiger partial charge in [0.1, 0.15) is 0 Å². The van der Waals surface area contributed by atoms with Gasteiger partial charge in [0.2, 0.25) is 0 Å². The van der Waals surface area contributed by atoms with Gasteiger partial charge in [-0.15, -0.1) is 11.6 Å². The predicted molar refractivity (Wildman–Crippen MR) is 87.9 cm³/mol. The highest BCUT2D eigenvalue weighted by atomic mass is 79.9. The topological polar surface area (TPSA) is 29.1 Å². The zero-order valence-electron chi connectivity index (χ0n) is 10.9. The first-order chi connectivity index (χ1) is 9.06. The second kappa shape index (κ2) is 8.98. The molecule has 106 valence electrons. The van der Waals surface area contributed by atoms with Crippen molar-refractivity contribution in [2.75, 3.05) is 12.4 Å². The fourth-order valence-corrected chi connectivity index (χ4v) is 3.54. The Morgan fingerprint density at radius 2 is 1.89 bits per heavy atom. The molecular weight excluding hydrogens is 393 g/mol. The number of carbonyl (C=O) groups is 1. The number of nitrogens with one attached hydrogen (secondary N) is 1. The lowest BCUT2D eigenvalue weighted by molar-refractivity contribution is 0.0946. The molecule has 0 aliphatic carbocycles. The summed E-state index contributed by atoms with van der Waals surface area (Å²) in [5, 5.41) is 2.98. The van der Waals surface area contributed by atoms with Crippen LogP contribution in [0.25, 0.3) is 0 Å². The van der Waals surface area contributed by atoms with Crippen molar-refractivity contribution in [1.82, 2.24) is 5.32 Å². The Kier molecular flexibility index (Phi) is 8.03. The third-order valence-electron chi connectivity index (χ3n) is 2.89. The normalized spacial score (nSPS) is 12.2. The minimum atomic E-state index is -0.0438. The lowest BCUT2D eigenvalue weighted by Gasteiger charge is -2.15. The van der Waals surface area contributed by atoms with E-state index in [-0.39, 0.29) is 5.91 Å². The summed E-state index contributed by atoms with van der Waals surface area (Å²) in [6.07, 6.45) is 3.15. The maximum absolute atomic E-state index is 12.1.